The van der Waals surface area contributed by atoms with Crippen LogP contribution in [0.4, 0.5) is 4.39 Å². The third-order valence-electron chi connectivity index (χ3n) is 6.98. The summed E-state index contributed by atoms with van der Waals surface area (Å²) in [4.78, 5) is 15.5. The minimum atomic E-state index is -0.522. The molecule has 39 heavy (non-hydrogen) atoms. The van der Waals surface area contributed by atoms with E-state index in [0.717, 1.165) is 22.3 Å². The van der Waals surface area contributed by atoms with Gasteiger partial charge < -0.3 is 14.7 Å². The SMILES string of the molecule is Cc1cc(C)c(-c2n[nH]c3c2C(c2cccc(Oc4ccccc4)c2)N(Cc2ccc(F)cc2)C3=O)c(O)c1. The Morgan fingerprint density at radius 1 is 0.949 bits per heavy atom. The molecule has 194 valence electrons. The lowest BCUT2D eigenvalue weighted by atomic mass is 9.93. The molecule has 1 atom stereocenters. The monoisotopic (exact) mass is 519 g/mol. The van der Waals surface area contributed by atoms with E-state index in [0.29, 0.717) is 34.0 Å². The zero-order valence-electron chi connectivity index (χ0n) is 21.5. The number of amides is 1. The van der Waals surface area contributed by atoms with Crippen molar-refractivity contribution in [2.45, 2.75) is 26.4 Å². The number of aromatic hydroxyl groups is 1. The summed E-state index contributed by atoms with van der Waals surface area (Å²) in [5.74, 6) is 0.865. The Labute approximate surface area is 225 Å². The van der Waals surface area contributed by atoms with Crippen LogP contribution < -0.4 is 4.74 Å². The van der Waals surface area contributed by atoms with Gasteiger partial charge in [-0.3, -0.25) is 9.89 Å². The van der Waals surface area contributed by atoms with Gasteiger partial charge in [-0.2, -0.15) is 5.10 Å². The van der Waals surface area contributed by atoms with Gasteiger partial charge in [0, 0.05) is 17.7 Å². The zero-order valence-corrected chi connectivity index (χ0v) is 21.5. The Kier molecular flexibility index (Phi) is 6.11. The summed E-state index contributed by atoms with van der Waals surface area (Å²) in [6, 6.07) is 26.4. The molecule has 5 aromatic rings. The van der Waals surface area contributed by atoms with Crippen molar-refractivity contribution >= 4 is 5.91 Å². The fraction of sp³-hybridized carbons (Fsp3) is 0.125. The first-order valence-corrected chi connectivity index (χ1v) is 12.7. The number of aryl methyl sites for hydroxylation is 2. The number of phenols is 1. The lowest BCUT2D eigenvalue weighted by Gasteiger charge is -2.27. The quantitative estimate of drug-likeness (QED) is 0.251. The Balaban J connectivity index is 1.48. The van der Waals surface area contributed by atoms with Crippen LogP contribution in [0.1, 0.15) is 44.3 Å². The number of benzene rings is 4. The first-order chi connectivity index (χ1) is 18.9. The van der Waals surface area contributed by atoms with Crippen LogP contribution in [-0.2, 0) is 6.54 Å². The van der Waals surface area contributed by atoms with Gasteiger partial charge in [-0.25, -0.2) is 4.39 Å². The van der Waals surface area contributed by atoms with Crippen molar-refractivity contribution in [2.75, 3.05) is 0 Å². The average molecular weight is 520 g/mol. The highest BCUT2D eigenvalue weighted by atomic mass is 19.1. The molecule has 1 aliphatic rings. The lowest BCUT2D eigenvalue weighted by Crippen LogP contribution is -2.29. The van der Waals surface area contributed by atoms with Gasteiger partial charge >= 0.3 is 0 Å². The maximum absolute atomic E-state index is 13.8. The van der Waals surface area contributed by atoms with Gasteiger partial charge in [0.05, 0.1) is 6.04 Å². The minimum Gasteiger partial charge on any atom is -0.507 e. The first kappa shape index (κ1) is 24.4. The van der Waals surface area contributed by atoms with Gasteiger partial charge in [0.15, 0.2) is 0 Å². The van der Waals surface area contributed by atoms with Crippen molar-refractivity contribution in [3.8, 4) is 28.5 Å². The van der Waals surface area contributed by atoms with Crippen LogP contribution in [0, 0.1) is 19.7 Å². The molecule has 1 unspecified atom stereocenters. The lowest BCUT2D eigenvalue weighted by molar-refractivity contribution is 0.0730. The van der Waals surface area contributed by atoms with Crippen LogP contribution in [-0.4, -0.2) is 26.1 Å². The van der Waals surface area contributed by atoms with Crippen molar-refractivity contribution in [1.29, 1.82) is 0 Å². The Morgan fingerprint density at radius 2 is 1.69 bits per heavy atom. The van der Waals surface area contributed by atoms with Crippen LogP contribution in [0.25, 0.3) is 11.3 Å². The first-order valence-electron chi connectivity index (χ1n) is 12.7. The van der Waals surface area contributed by atoms with Crippen LogP contribution in [0.2, 0.25) is 0 Å². The summed E-state index contributed by atoms with van der Waals surface area (Å²) in [5.41, 5.74) is 5.55. The normalized spacial score (nSPS) is 14.5. The molecule has 0 fully saturated rings. The van der Waals surface area contributed by atoms with E-state index in [-0.39, 0.29) is 24.0 Å². The van der Waals surface area contributed by atoms with Crippen molar-refractivity contribution in [2.24, 2.45) is 0 Å². The van der Waals surface area contributed by atoms with Gasteiger partial charge in [-0.1, -0.05) is 48.5 Å². The van der Waals surface area contributed by atoms with Gasteiger partial charge in [0.1, 0.15) is 34.5 Å². The number of carbonyl (C=O) groups excluding carboxylic acids is 1. The third kappa shape index (κ3) is 4.52. The van der Waals surface area contributed by atoms with Gasteiger partial charge in [-0.05, 0) is 78.6 Å². The summed E-state index contributed by atoms with van der Waals surface area (Å²) in [5, 5.41) is 18.4. The highest BCUT2D eigenvalue weighted by Gasteiger charge is 2.43. The van der Waals surface area contributed by atoms with E-state index in [1.54, 1.807) is 23.1 Å². The van der Waals surface area contributed by atoms with E-state index in [9.17, 15) is 14.3 Å². The number of nitrogens with one attached hydrogen (secondary N) is 1. The number of H-pyrrole nitrogens is 1. The summed E-state index contributed by atoms with van der Waals surface area (Å²) in [7, 11) is 0. The Hall–Kier alpha value is -4.91. The predicted octanol–water partition coefficient (Wildman–Crippen LogP) is 7.08. The maximum Gasteiger partial charge on any atom is 0.273 e. The molecule has 2 heterocycles. The second-order valence-corrected chi connectivity index (χ2v) is 9.79. The van der Waals surface area contributed by atoms with E-state index in [2.05, 4.69) is 10.2 Å². The predicted molar refractivity (Wildman–Crippen MR) is 146 cm³/mol. The minimum absolute atomic E-state index is 0.103. The molecular formula is C32H26FN3O3. The number of ether oxygens (including phenoxy) is 1. The molecule has 0 bridgehead atoms. The van der Waals surface area contributed by atoms with Crippen LogP contribution in [0.3, 0.4) is 0 Å². The van der Waals surface area contributed by atoms with Crippen LogP contribution in [0.5, 0.6) is 17.2 Å². The summed E-state index contributed by atoms with van der Waals surface area (Å²) in [6.07, 6.45) is 0. The van der Waals surface area contributed by atoms with Crippen LogP contribution >= 0.6 is 0 Å². The largest absolute Gasteiger partial charge is 0.507 e. The number of hydrogen-bond acceptors (Lipinski definition) is 4. The smallest absolute Gasteiger partial charge is 0.273 e. The molecule has 0 aliphatic carbocycles. The molecule has 4 aromatic carbocycles. The van der Waals surface area contributed by atoms with Crippen molar-refractivity contribution in [3.05, 3.63) is 130 Å². The number of aromatic nitrogens is 2. The van der Waals surface area contributed by atoms with Gasteiger partial charge in [-0.15, -0.1) is 0 Å². The fourth-order valence-corrected chi connectivity index (χ4v) is 5.31. The highest BCUT2D eigenvalue weighted by Crippen LogP contribution is 2.46. The zero-order chi connectivity index (χ0) is 27.1. The summed E-state index contributed by atoms with van der Waals surface area (Å²) in [6.45, 7) is 4.09. The number of phenolic OH excluding ortho intramolecular Hbond substituents is 1. The van der Waals surface area contributed by atoms with E-state index in [4.69, 9.17) is 4.74 Å². The second kappa shape index (κ2) is 9.76. The van der Waals surface area contributed by atoms with Crippen molar-refractivity contribution < 1.29 is 19.0 Å². The number of halogens is 1. The number of aromatic amines is 1. The Bertz CT molecular complexity index is 1660. The summed E-state index contributed by atoms with van der Waals surface area (Å²) >= 11 is 0. The molecule has 2 N–H and O–H groups in total. The molecule has 0 saturated carbocycles. The molecule has 0 radical (unpaired) electrons. The second-order valence-electron chi connectivity index (χ2n) is 9.79. The number of carbonyl (C=O) groups is 1. The molecule has 0 saturated heterocycles. The topological polar surface area (TPSA) is 78.5 Å². The number of para-hydroxylation sites is 1. The van der Waals surface area contributed by atoms with E-state index < -0.39 is 6.04 Å². The highest BCUT2D eigenvalue weighted by molar-refractivity contribution is 6.00. The standard InChI is InChI=1S/C32H26FN3O3/c1-19-15-20(2)27(26(37)16-19)29-28-30(35-34-29)32(38)36(18-21-11-13-23(33)14-12-21)31(28)22-7-6-10-25(17-22)39-24-8-4-3-5-9-24/h3-17,31,37H,18H2,1-2H3,(H,34,35). The van der Waals surface area contributed by atoms with E-state index >= 15 is 0 Å². The number of rotatable bonds is 6. The molecule has 0 spiro atoms. The van der Waals surface area contributed by atoms with Crippen molar-refractivity contribution in [1.82, 2.24) is 15.1 Å². The number of nitrogens with zero attached hydrogens (tertiary/aromatic N) is 2. The molecule has 6 nitrogen and oxygen atoms in total. The van der Waals surface area contributed by atoms with Crippen LogP contribution in [0.15, 0.2) is 91.0 Å². The number of hydrogen-bond donors (Lipinski definition) is 2. The Morgan fingerprint density at radius 3 is 2.44 bits per heavy atom. The third-order valence-corrected chi connectivity index (χ3v) is 6.98. The van der Waals surface area contributed by atoms with Crippen molar-refractivity contribution in [3.63, 3.8) is 0 Å². The molecule has 1 aromatic heterocycles. The molecule has 6 rings (SSSR count). The van der Waals surface area contributed by atoms with Gasteiger partial charge in [0.25, 0.3) is 5.91 Å². The molecular weight excluding hydrogens is 493 g/mol. The molecule has 1 amide bonds. The van der Waals surface area contributed by atoms with Gasteiger partial charge in [0.2, 0.25) is 0 Å². The maximum atomic E-state index is 13.8. The summed E-state index contributed by atoms with van der Waals surface area (Å²) < 4.78 is 19.7. The molecule has 1 aliphatic heterocycles. The fourth-order valence-electron chi connectivity index (χ4n) is 5.31. The average Bonchev–Trinajstić information content (AvgIpc) is 3.44. The van der Waals surface area contributed by atoms with E-state index in [1.807, 2.05) is 74.5 Å². The van der Waals surface area contributed by atoms with E-state index in [1.165, 1.54) is 12.1 Å². The number of fused-ring (bicyclic) bond motifs is 1. The molecule has 7 heteroatoms.